The molecule has 0 aliphatic rings. The van der Waals surface area contributed by atoms with Crippen molar-refractivity contribution in [3.8, 4) is 17.2 Å². The minimum atomic E-state index is -3.66. The number of rotatable bonds is 11. The number of ether oxygens (including phenoxy) is 3. The van der Waals surface area contributed by atoms with Gasteiger partial charge < -0.3 is 19.5 Å². The molecule has 0 saturated carbocycles. The molecule has 2 aromatic rings. The van der Waals surface area contributed by atoms with E-state index in [9.17, 15) is 13.2 Å². The number of hydrogen-bond donors (Lipinski definition) is 2. The van der Waals surface area contributed by atoms with Crippen LogP contribution in [0, 0.1) is 0 Å². The highest BCUT2D eigenvalue weighted by atomic mass is 32.2. The number of amides is 1. The lowest BCUT2D eigenvalue weighted by Gasteiger charge is -2.11. The third-order valence-corrected chi connectivity index (χ3v) is 5.58. The lowest BCUT2D eigenvalue weighted by Crippen LogP contribution is -2.34. The highest BCUT2D eigenvalue weighted by Crippen LogP contribution is 2.27. The number of methoxy groups -OCH3 is 2. The Hall–Kier alpha value is -2.78. The number of benzene rings is 2. The smallest absolute Gasteiger partial charge is 0.258 e. The topological polar surface area (TPSA) is 103 Å². The molecule has 0 aliphatic heterocycles. The van der Waals surface area contributed by atoms with Gasteiger partial charge in [-0.05, 0) is 62.2 Å². The van der Waals surface area contributed by atoms with Gasteiger partial charge in [0, 0.05) is 12.6 Å². The molecule has 2 N–H and O–H groups in total. The molecule has 0 saturated heterocycles. The Morgan fingerprint density at radius 3 is 2.27 bits per heavy atom. The number of sulfonamides is 1. The molecule has 0 heterocycles. The van der Waals surface area contributed by atoms with Gasteiger partial charge in [0.1, 0.15) is 5.75 Å². The molecular weight excluding hydrogens is 408 g/mol. The first-order chi connectivity index (χ1) is 14.2. The van der Waals surface area contributed by atoms with Crippen molar-refractivity contribution >= 4 is 15.9 Å². The third kappa shape index (κ3) is 6.93. The number of carbonyl (C=O) groups excluding carboxylic acids is 1. The molecule has 0 fully saturated rings. The Bertz CT molecular complexity index is 942. The maximum atomic E-state index is 12.5. The average molecular weight is 437 g/mol. The first-order valence-corrected chi connectivity index (χ1v) is 11.0. The maximum absolute atomic E-state index is 12.5. The van der Waals surface area contributed by atoms with Crippen LogP contribution in [0.3, 0.4) is 0 Å². The van der Waals surface area contributed by atoms with Gasteiger partial charge in [0.15, 0.2) is 18.1 Å². The Morgan fingerprint density at radius 2 is 1.67 bits per heavy atom. The molecular formula is C21H28N2O6S. The van der Waals surface area contributed by atoms with Gasteiger partial charge in [-0.3, -0.25) is 4.79 Å². The fourth-order valence-electron chi connectivity index (χ4n) is 2.68. The van der Waals surface area contributed by atoms with Crippen molar-refractivity contribution in [3.05, 3.63) is 48.0 Å². The van der Waals surface area contributed by atoms with E-state index in [0.29, 0.717) is 23.7 Å². The zero-order valence-corrected chi connectivity index (χ0v) is 18.4. The molecule has 0 atom stereocenters. The summed E-state index contributed by atoms with van der Waals surface area (Å²) in [6.07, 6.45) is 0.492. The van der Waals surface area contributed by atoms with Crippen molar-refractivity contribution in [3.63, 3.8) is 0 Å². The van der Waals surface area contributed by atoms with Crippen LogP contribution in [0.4, 0.5) is 0 Å². The summed E-state index contributed by atoms with van der Waals surface area (Å²) in [5.74, 6) is 1.39. The number of carbonyl (C=O) groups is 1. The van der Waals surface area contributed by atoms with Crippen LogP contribution < -0.4 is 24.2 Å². The SMILES string of the molecule is COc1ccc(CCNS(=O)(=O)c2ccc(OCC(=O)NC(C)C)cc2)cc1OC. The van der Waals surface area contributed by atoms with E-state index in [1.54, 1.807) is 20.3 Å². The maximum Gasteiger partial charge on any atom is 0.258 e. The molecule has 0 aromatic heterocycles. The van der Waals surface area contributed by atoms with Gasteiger partial charge in [-0.1, -0.05) is 6.07 Å². The molecule has 9 heteroatoms. The van der Waals surface area contributed by atoms with Crippen LogP contribution in [-0.2, 0) is 21.2 Å². The van der Waals surface area contributed by atoms with E-state index in [2.05, 4.69) is 10.0 Å². The second-order valence-electron chi connectivity index (χ2n) is 6.82. The second kappa shape index (κ2) is 10.8. The van der Waals surface area contributed by atoms with E-state index in [1.807, 2.05) is 26.0 Å². The monoisotopic (exact) mass is 436 g/mol. The van der Waals surface area contributed by atoms with Crippen LogP contribution in [0.5, 0.6) is 17.2 Å². The normalized spacial score (nSPS) is 11.2. The Kier molecular flexibility index (Phi) is 8.49. The summed E-state index contributed by atoms with van der Waals surface area (Å²) in [6, 6.07) is 11.4. The summed E-state index contributed by atoms with van der Waals surface area (Å²) in [5, 5.41) is 2.71. The van der Waals surface area contributed by atoms with E-state index >= 15 is 0 Å². The Balaban J connectivity index is 1.90. The molecule has 2 rings (SSSR count). The summed E-state index contributed by atoms with van der Waals surface area (Å²) in [4.78, 5) is 11.7. The first-order valence-electron chi connectivity index (χ1n) is 9.48. The fourth-order valence-corrected chi connectivity index (χ4v) is 3.71. The Labute approximate surface area is 177 Å². The molecule has 1 amide bonds. The minimum Gasteiger partial charge on any atom is -0.493 e. The lowest BCUT2D eigenvalue weighted by atomic mass is 10.1. The highest BCUT2D eigenvalue weighted by molar-refractivity contribution is 7.89. The van der Waals surface area contributed by atoms with Crippen molar-refractivity contribution in [1.82, 2.24) is 10.0 Å². The average Bonchev–Trinajstić information content (AvgIpc) is 2.71. The molecule has 0 spiro atoms. The minimum absolute atomic E-state index is 0.0266. The van der Waals surface area contributed by atoms with Gasteiger partial charge in [-0.15, -0.1) is 0 Å². The van der Waals surface area contributed by atoms with Gasteiger partial charge in [-0.2, -0.15) is 0 Å². The van der Waals surface area contributed by atoms with E-state index in [1.165, 1.54) is 24.3 Å². The van der Waals surface area contributed by atoms with Gasteiger partial charge >= 0.3 is 0 Å². The molecule has 0 aliphatic carbocycles. The summed E-state index contributed by atoms with van der Waals surface area (Å²) < 4.78 is 43.4. The van der Waals surface area contributed by atoms with Crippen molar-refractivity contribution in [2.75, 3.05) is 27.4 Å². The summed E-state index contributed by atoms with van der Waals surface area (Å²) in [5.41, 5.74) is 0.916. The van der Waals surface area contributed by atoms with Crippen LogP contribution in [0.2, 0.25) is 0 Å². The zero-order chi connectivity index (χ0) is 22.1. The fraction of sp³-hybridized carbons (Fsp3) is 0.381. The van der Waals surface area contributed by atoms with E-state index in [0.717, 1.165) is 5.56 Å². The molecule has 164 valence electrons. The van der Waals surface area contributed by atoms with E-state index < -0.39 is 10.0 Å². The predicted octanol–water partition coefficient (Wildman–Crippen LogP) is 2.13. The van der Waals surface area contributed by atoms with Crippen LogP contribution in [0.15, 0.2) is 47.4 Å². The van der Waals surface area contributed by atoms with Crippen molar-refractivity contribution in [2.24, 2.45) is 0 Å². The molecule has 30 heavy (non-hydrogen) atoms. The first kappa shape index (κ1) is 23.5. The molecule has 0 unspecified atom stereocenters. The summed E-state index contributed by atoms with van der Waals surface area (Å²) in [7, 11) is -0.556. The van der Waals surface area contributed by atoms with Crippen LogP contribution in [0.1, 0.15) is 19.4 Å². The summed E-state index contributed by atoms with van der Waals surface area (Å²) in [6.45, 7) is 3.81. The number of nitrogens with one attached hydrogen (secondary N) is 2. The predicted molar refractivity (Wildman–Crippen MR) is 114 cm³/mol. The van der Waals surface area contributed by atoms with E-state index in [-0.39, 0.29) is 30.0 Å². The number of hydrogen-bond acceptors (Lipinski definition) is 6. The van der Waals surface area contributed by atoms with Gasteiger partial charge in [-0.25, -0.2) is 13.1 Å². The van der Waals surface area contributed by atoms with Crippen molar-refractivity contribution < 1.29 is 27.4 Å². The lowest BCUT2D eigenvalue weighted by molar-refractivity contribution is -0.123. The molecule has 8 nitrogen and oxygen atoms in total. The standard InChI is InChI=1S/C21H28N2O6S/c1-15(2)23-21(24)14-29-17-6-8-18(9-7-17)30(25,26)22-12-11-16-5-10-19(27-3)20(13-16)28-4/h5-10,13,15,22H,11-12,14H2,1-4H3,(H,23,24). The Morgan fingerprint density at radius 1 is 1.00 bits per heavy atom. The van der Waals surface area contributed by atoms with Gasteiger partial charge in [0.05, 0.1) is 19.1 Å². The van der Waals surface area contributed by atoms with Crippen LogP contribution in [0.25, 0.3) is 0 Å². The zero-order valence-electron chi connectivity index (χ0n) is 17.6. The van der Waals surface area contributed by atoms with Gasteiger partial charge in [0.25, 0.3) is 5.91 Å². The largest absolute Gasteiger partial charge is 0.493 e. The molecule has 2 aromatic carbocycles. The van der Waals surface area contributed by atoms with Crippen LogP contribution in [-0.4, -0.2) is 47.7 Å². The van der Waals surface area contributed by atoms with Crippen LogP contribution >= 0.6 is 0 Å². The van der Waals surface area contributed by atoms with E-state index in [4.69, 9.17) is 14.2 Å². The highest BCUT2D eigenvalue weighted by Gasteiger charge is 2.14. The van der Waals surface area contributed by atoms with Crippen molar-refractivity contribution in [1.29, 1.82) is 0 Å². The van der Waals surface area contributed by atoms with Gasteiger partial charge in [0.2, 0.25) is 10.0 Å². The van der Waals surface area contributed by atoms with Crippen molar-refractivity contribution in [2.45, 2.75) is 31.2 Å². The molecule has 0 radical (unpaired) electrons. The molecule has 0 bridgehead atoms. The summed E-state index contributed by atoms with van der Waals surface area (Å²) >= 11 is 0. The third-order valence-electron chi connectivity index (χ3n) is 4.11. The second-order valence-corrected chi connectivity index (χ2v) is 8.59. The quantitative estimate of drug-likeness (QED) is 0.559.